The number of nitrogens with zero attached hydrogens (tertiary/aromatic N) is 1. The first-order valence-electron chi connectivity index (χ1n) is 4.03. The molecule has 0 aliphatic carbocycles. The molecular weight excluding hydrogens is 200 g/mol. The van der Waals surface area contributed by atoms with Crippen molar-refractivity contribution in [1.29, 1.82) is 0 Å². The first-order valence-corrected chi connectivity index (χ1v) is 4.41. The van der Waals surface area contributed by atoms with Crippen LogP contribution in [0.1, 0.15) is 0 Å². The number of nitrogen functional groups attached to an aromatic ring is 2. The largest absolute Gasteiger partial charge is 0.394 e. The lowest BCUT2D eigenvalue weighted by molar-refractivity contribution is 1.10. The van der Waals surface area contributed by atoms with E-state index in [1.54, 1.807) is 12.1 Å². The molecule has 0 bridgehead atoms. The molecule has 1 heterocycles. The van der Waals surface area contributed by atoms with Crippen molar-refractivity contribution in [1.82, 2.24) is 10.2 Å². The van der Waals surface area contributed by atoms with Crippen molar-refractivity contribution in [2.75, 3.05) is 11.5 Å². The first kappa shape index (κ1) is 8.90. The number of hydrogen-bond acceptors (Lipinski definition) is 3. The number of aromatic amines is 1. The van der Waals surface area contributed by atoms with Gasteiger partial charge in [-0.3, -0.25) is 5.10 Å². The van der Waals surface area contributed by atoms with E-state index in [9.17, 15) is 0 Å². The van der Waals surface area contributed by atoms with E-state index in [-0.39, 0.29) is 0 Å². The van der Waals surface area contributed by atoms with Crippen molar-refractivity contribution in [3.8, 4) is 11.3 Å². The fourth-order valence-electron chi connectivity index (χ4n) is 1.20. The molecule has 0 saturated carbocycles. The standard InChI is InChI=1S/C9H9ClN4/c10-6-3-1-5(2-4-6)8-7(11)9(12)14-13-8/h1-4H,11H2,(H3,12,13,14). The van der Waals surface area contributed by atoms with Gasteiger partial charge in [-0.05, 0) is 12.1 Å². The summed E-state index contributed by atoms with van der Waals surface area (Å²) in [6.07, 6.45) is 0. The molecule has 4 nitrogen and oxygen atoms in total. The SMILES string of the molecule is Nc1n[nH]c(-c2ccc(Cl)cc2)c1N. The maximum Gasteiger partial charge on any atom is 0.169 e. The molecule has 0 aliphatic heterocycles. The fraction of sp³-hybridized carbons (Fsp3) is 0. The molecule has 0 spiro atoms. The Morgan fingerprint density at radius 3 is 2.29 bits per heavy atom. The number of halogens is 1. The molecule has 1 aromatic heterocycles. The van der Waals surface area contributed by atoms with E-state index in [2.05, 4.69) is 10.2 Å². The van der Waals surface area contributed by atoms with Gasteiger partial charge in [-0.25, -0.2) is 0 Å². The zero-order valence-electron chi connectivity index (χ0n) is 7.29. The summed E-state index contributed by atoms with van der Waals surface area (Å²) in [4.78, 5) is 0. The number of nitrogens with one attached hydrogen (secondary N) is 1. The van der Waals surface area contributed by atoms with Gasteiger partial charge < -0.3 is 11.5 Å². The van der Waals surface area contributed by atoms with Crippen LogP contribution in [0.5, 0.6) is 0 Å². The van der Waals surface area contributed by atoms with Crippen LogP contribution in [0.15, 0.2) is 24.3 Å². The topological polar surface area (TPSA) is 80.7 Å². The minimum absolute atomic E-state index is 0.315. The molecule has 0 amide bonds. The lowest BCUT2D eigenvalue weighted by atomic mass is 10.1. The molecule has 2 rings (SSSR count). The first-order chi connectivity index (χ1) is 6.68. The Morgan fingerprint density at radius 2 is 1.79 bits per heavy atom. The lowest BCUT2D eigenvalue weighted by Crippen LogP contribution is -1.92. The van der Waals surface area contributed by atoms with Crippen LogP contribution in [0.3, 0.4) is 0 Å². The summed E-state index contributed by atoms with van der Waals surface area (Å²) in [5, 5.41) is 7.26. The molecule has 5 N–H and O–H groups in total. The van der Waals surface area contributed by atoms with Gasteiger partial charge >= 0.3 is 0 Å². The molecule has 0 saturated heterocycles. The molecule has 0 radical (unpaired) electrons. The number of benzene rings is 1. The number of aromatic nitrogens is 2. The van der Waals surface area contributed by atoms with Crippen molar-refractivity contribution in [2.24, 2.45) is 0 Å². The van der Waals surface area contributed by atoms with Crippen LogP contribution in [0, 0.1) is 0 Å². The summed E-state index contributed by atoms with van der Waals surface area (Å²) in [6, 6.07) is 7.28. The Hall–Kier alpha value is -1.68. The van der Waals surface area contributed by atoms with E-state index >= 15 is 0 Å². The molecule has 1 aromatic carbocycles. The summed E-state index contributed by atoms with van der Waals surface area (Å²) in [5.74, 6) is 0.315. The van der Waals surface area contributed by atoms with Crippen LogP contribution >= 0.6 is 11.6 Å². The van der Waals surface area contributed by atoms with Crippen LogP contribution in [0.25, 0.3) is 11.3 Å². The molecule has 0 aliphatic rings. The third-order valence-electron chi connectivity index (χ3n) is 1.97. The van der Waals surface area contributed by atoms with Crippen LogP contribution in [0.2, 0.25) is 5.02 Å². The summed E-state index contributed by atoms with van der Waals surface area (Å²) < 4.78 is 0. The van der Waals surface area contributed by atoms with Crippen LogP contribution in [-0.2, 0) is 0 Å². The average Bonchev–Trinajstić information content (AvgIpc) is 2.50. The number of anilines is 2. The van der Waals surface area contributed by atoms with Crippen molar-refractivity contribution >= 4 is 23.1 Å². The van der Waals surface area contributed by atoms with Gasteiger partial charge in [0, 0.05) is 10.6 Å². The highest BCUT2D eigenvalue weighted by Crippen LogP contribution is 2.27. The van der Waals surface area contributed by atoms with E-state index in [0.29, 0.717) is 16.5 Å². The van der Waals surface area contributed by atoms with Crippen LogP contribution in [0.4, 0.5) is 11.5 Å². The quantitative estimate of drug-likeness (QED) is 0.670. The monoisotopic (exact) mass is 208 g/mol. The van der Waals surface area contributed by atoms with Crippen molar-refractivity contribution < 1.29 is 0 Å². The molecule has 5 heteroatoms. The van der Waals surface area contributed by atoms with E-state index in [4.69, 9.17) is 23.1 Å². The second-order valence-corrected chi connectivity index (χ2v) is 3.34. The zero-order chi connectivity index (χ0) is 10.1. The number of H-pyrrole nitrogens is 1. The number of nitrogens with two attached hydrogens (primary N) is 2. The predicted molar refractivity (Wildman–Crippen MR) is 57.9 cm³/mol. The maximum atomic E-state index is 5.76. The van der Waals surface area contributed by atoms with E-state index < -0.39 is 0 Å². The number of rotatable bonds is 1. The van der Waals surface area contributed by atoms with Gasteiger partial charge in [-0.15, -0.1) is 0 Å². The van der Waals surface area contributed by atoms with Gasteiger partial charge in [0.25, 0.3) is 0 Å². The zero-order valence-corrected chi connectivity index (χ0v) is 8.05. The minimum atomic E-state index is 0.315. The molecule has 0 atom stereocenters. The van der Waals surface area contributed by atoms with Gasteiger partial charge in [-0.2, -0.15) is 5.10 Å². The van der Waals surface area contributed by atoms with Gasteiger partial charge in [-0.1, -0.05) is 23.7 Å². The van der Waals surface area contributed by atoms with Gasteiger partial charge in [0.15, 0.2) is 5.82 Å². The maximum absolute atomic E-state index is 5.76. The fourth-order valence-corrected chi connectivity index (χ4v) is 1.33. The smallest absolute Gasteiger partial charge is 0.169 e. The molecule has 0 unspecified atom stereocenters. The Bertz CT molecular complexity index is 446. The molecular formula is C9H9ClN4. The lowest BCUT2D eigenvalue weighted by Gasteiger charge is -1.99. The van der Waals surface area contributed by atoms with Gasteiger partial charge in [0.1, 0.15) is 5.69 Å². The Labute approximate surface area is 85.9 Å². The summed E-state index contributed by atoms with van der Waals surface area (Å²) in [5.41, 5.74) is 13.3. The van der Waals surface area contributed by atoms with Gasteiger partial charge in [0.2, 0.25) is 0 Å². The third kappa shape index (κ3) is 1.40. The van der Waals surface area contributed by atoms with E-state index in [1.165, 1.54) is 0 Å². The highest BCUT2D eigenvalue weighted by atomic mass is 35.5. The van der Waals surface area contributed by atoms with E-state index in [0.717, 1.165) is 11.3 Å². The molecule has 2 aromatic rings. The normalized spacial score (nSPS) is 10.4. The molecule has 0 fully saturated rings. The summed E-state index contributed by atoms with van der Waals surface area (Å²) in [7, 11) is 0. The van der Waals surface area contributed by atoms with Crippen LogP contribution < -0.4 is 11.5 Å². The van der Waals surface area contributed by atoms with Crippen molar-refractivity contribution in [2.45, 2.75) is 0 Å². The highest BCUT2D eigenvalue weighted by molar-refractivity contribution is 6.30. The Kier molecular flexibility index (Phi) is 2.05. The summed E-state index contributed by atoms with van der Waals surface area (Å²) >= 11 is 5.76. The van der Waals surface area contributed by atoms with Gasteiger partial charge in [0.05, 0.1) is 5.69 Å². The number of hydrogen-bond donors (Lipinski definition) is 3. The molecule has 72 valence electrons. The third-order valence-corrected chi connectivity index (χ3v) is 2.22. The summed E-state index contributed by atoms with van der Waals surface area (Å²) in [6.45, 7) is 0. The minimum Gasteiger partial charge on any atom is -0.394 e. The van der Waals surface area contributed by atoms with Crippen molar-refractivity contribution in [3.63, 3.8) is 0 Å². The predicted octanol–water partition coefficient (Wildman–Crippen LogP) is 1.89. The highest BCUT2D eigenvalue weighted by Gasteiger charge is 2.08. The molecule has 14 heavy (non-hydrogen) atoms. The van der Waals surface area contributed by atoms with Crippen molar-refractivity contribution in [3.05, 3.63) is 29.3 Å². The Morgan fingerprint density at radius 1 is 1.14 bits per heavy atom. The second-order valence-electron chi connectivity index (χ2n) is 2.90. The van der Waals surface area contributed by atoms with E-state index in [1.807, 2.05) is 12.1 Å². The average molecular weight is 209 g/mol. The van der Waals surface area contributed by atoms with Crippen LogP contribution in [-0.4, -0.2) is 10.2 Å². The Balaban J connectivity index is 2.49. The second kappa shape index (κ2) is 3.23.